The normalized spacial score (nSPS) is 24.9. The maximum Gasteiger partial charge on any atom is 0.416 e. The van der Waals surface area contributed by atoms with E-state index >= 15 is 0 Å². The summed E-state index contributed by atoms with van der Waals surface area (Å²) >= 11 is 0. The van der Waals surface area contributed by atoms with Gasteiger partial charge in [-0.25, -0.2) is 4.39 Å². The van der Waals surface area contributed by atoms with Crippen molar-refractivity contribution in [3.63, 3.8) is 0 Å². The Morgan fingerprint density at radius 1 is 1.41 bits per heavy atom. The molecule has 7 heteroatoms. The number of hydrogen-bond acceptors (Lipinski definition) is 2. The van der Waals surface area contributed by atoms with E-state index in [0.717, 1.165) is 12.1 Å². The van der Waals surface area contributed by atoms with E-state index in [9.17, 15) is 22.4 Å². The molecule has 122 valence electrons. The number of amides is 1. The average Bonchev–Trinajstić information content (AvgIpc) is 3.13. The molecule has 1 amide bonds. The SMILES string of the molecule is CC(C)N(C)C1CC1(C(N)=O)c1ccc(C(F)(F)F)cc1F. The largest absolute Gasteiger partial charge is 0.416 e. The molecule has 2 rings (SSSR count). The molecule has 0 saturated heterocycles. The Morgan fingerprint density at radius 3 is 2.41 bits per heavy atom. The van der Waals surface area contributed by atoms with Crippen molar-refractivity contribution in [3.8, 4) is 0 Å². The fourth-order valence-electron chi connectivity index (χ4n) is 2.84. The minimum absolute atomic E-state index is 0.0644. The van der Waals surface area contributed by atoms with E-state index in [1.165, 1.54) is 0 Å². The van der Waals surface area contributed by atoms with E-state index in [0.29, 0.717) is 12.5 Å². The molecule has 22 heavy (non-hydrogen) atoms. The van der Waals surface area contributed by atoms with Gasteiger partial charge in [-0.05, 0) is 39.4 Å². The maximum atomic E-state index is 14.2. The van der Waals surface area contributed by atoms with Gasteiger partial charge in [0, 0.05) is 17.6 Å². The number of hydrogen-bond donors (Lipinski definition) is 1. The summed E-state index contributed by atoms with van der Waals surface area (Å²) in [6.45, 7) is 3.82. The van der Waals surface area contributed by atoms with Crippen molar-refractivity contribution in [1.29, 1.82) is 0 Å². The third-order valence-corrected chi connectivity index (χ3v) is 4.45. The molecule has 1 saturated carbocycles. The van der Waals surface area contributed by atoms with Gasteiger partial charge >= 0.3 is 6.18 Å². The van der Waals surface area contributed by atoms with Crippen molar-refractivity contribution in [2.24, 2.45) is 5.73 Å². The topological polar surface area (TPSA) is 46.3 Å². The fourth-order valence-corrected chi connectivity index (χ4v) is 2.84. The molecule has 0 heterocycles. The number of nitrogens with zero attached hydrogens (tertiary/aromatic N) is 1. The summed E-state index contributed by atoms with van der Waals surface area (Å²) in [5.41, 5.74) is 3.03. The van der Waals surface area contributed by atoms with Gasteiger partial charge < -0.3 is 5.73 Å². The molecule has 0 spiro atoms. The lowest BCUT2D eigenvalue weighted by atomic mass is 9.92. The molecule has 1 fully saturated rings. The first-order valence-corrected chi connectivity index (χ1v) is 6.91. The van der Waals surface area contributed by atoms with Gasteiger partial charge in [0.2, 0.25) is 5.91 Å². The van der Waals surface area contributed by atoms with Gasteiger partial charge in [0.1, 0.15) is 5.82 Å². The average molecular weight is 318 g/mol. The predicted molar refractivity (Wildman–Crippen MR) is 73.6 cm³/mol. The van der Waals surface area contributed by atoms with Crippen LogP contribution in [-0.2, 0) is 16.4 Å². The number of likely N-dealkylation sites (N-methyl/N-ethyl adjacent to an activating group) is 1. The second kappa shape index (κ2) is 5.22. The molecule has 1 aromatic carbocycles. The van der Waals surface area contributed by atoms with Crippen LogP contribution in [-0.4, -0.2) is 29.9 Å². The number of alkyl halides is 3. The van der Waals surface area contributed by atoms with Crippen LogP contribution in [0.3, 0.4) is 0 Å². The lowest BCUT2D eigenvalue weighted by molar-refractivity contribution is -0.137. The van der Waals surface area contributed by atoms with Crippen molar-refractivity contribution < 1.29 is 22.4 Å². The zero-order valence-corrected chi connectivity index (χ0v) is 12.5. The van der Waals surface area contributed by atoms with E-state index < -0.39 is 28.9 Å². The lowest BCUT2D eigenvalue weighted by Crippen LogP contribution is -2.40. The summed E-state index contributed by atoms with van der Waals surface area (Å²) in [4.78, 5) is 13.7. The standard InChI is InChI=1S/C15H18F4N2O/c1-8(2)21(3)12-7-14(12,13(20)22)10-5-4-9(6-11(10)16)15(17,18)19/h4-6,8,12H,7H2,1-3H3,(H2,20,22). The molecule has 0 bridgehead atoms. The van der Waals surface area contributed by atoms with E-state index in [4.69, 9.17) is 5.73 Å². The van der Waals surface area contributed by atoms with Crippen LogP contribution < -0.4 is 5.73 Å². The van der Waals surface area contributed by atoms with Crippen LogP contribution in [0.15, 0.2) is 18.2 Å². The molecule has 2 atom stereocenters. The van der Waals surface area contributed by atoms with Gasteiger partial charge in [-0.15, -0.1) is 0 Å². The van der Waals surface area contributed by atoms with E-state index in [1.807, 2.05) is 18.7 Å². The molecule has 0 aromatic heterocycles. The van der Waals surface area contributed by atoms with Crippen molar-refractivity contribution in [3.05, 3.63) is 35.1 Å². The van der Waals surface area contributed by atoms with Gasteiger partial charge in [-0.1, -0.05) is 6.07 Å². The Bertz CT molecular complexity index is 600. The number of carbonyl (C=O) groups excluding carboxylic acids is 1. The second-order valence-electron chi connectivity index (χ2n) is 6.01. The summed E-state index contributed by atoms with van der Waals surface area (Å²) in [7, 11) is 1.78. The lowest BCUT2D eigenvalue weighted by Gasteiger charge is -2.25. The highest BCUT2D eigenvalue weighted by Crippen LogP contribution is 2.52. The van der Waals surface area contributed by atoms with Crippen molar-refractivity contribution in [1.82, 2.24) is 4.90 Å². The van der Waals surface area contributed by atoms with Crippen LogP contribution in [0.5, 0.6) is 0 Å². The summed E-state index contributed by atoms with van der Waals surface area (Å²) in [5.74, 6) is -1.77. The van der Waals surface area contributed by atoms with E-state index in [2.05, 4.69) is 0 Å². The number of rotatable bonds is 4. The summed E-state index contributed by atoms with van der Waals surface area (Å²) in [5, 5.41) is 0. The van der Waals surface area contributed by atoms with Gasteiger partial charge in [0.05, 0.1) is 11.0 Å². The quantitative estimate of drug-likeness (QED) is 0.868. The summed E-state index contributed by atoms with van der Waals surface area (Å²) in [6.07, 6.45) is -4.32. The maximum absolute atomic E-state index is 14.2. The summed E-state index contributed by atoms with van der Waals surface area (Å²) in [6, 6.07) is 2.02. The van der Waals surface area contributed by atoms with Crippen LogP contribution >= 0.6 is 0 Å². The molecular formula is C15H18F4N2O. The minimum atomic E-state index is -4.63. The van der Waals surface area contributed by atoms with Crippen LogP contribution in [0.2, 0.25) is 0 Å². The zero-order valence-electron chi connectivity index (χ0n) is 12.5. The third kappa shape index (κ3) is 2.58. The number of carbonyl (C=O) groups is 1. The van der Waals surface area contributed by atoms with Gasteiger partial charge in [0.25, 0.3) is 0 Å². The van der Waals surface area contributed by atoms with Crippen LogP contribution in [0, 0.1) is 5.82 Å². The molecule has 2 unspecified atom stereocenters. The van der Waals surface area contributed by atoms with Crippen LogP contribution in [0.1, 0.15) is 31.4 Å². The summed E-state index contributed by atoms with van der Waals surface area (Å²) < 4.78 is 52.0. The fraction of sp³-hybridized carbons (Fsp3) is 0.533. The predicted octanol–water partition coefficient (Wildman–Crippen LogP) is 2.68. The Balaban J connectivity index is 2.43. The first kappa shape index (κ1) is 16.7. The highest BCUT2D eigenvalue weighted by atomic mass is 19.4. The van der Waals surface area contributed by atoms with Crippen molar-refractivity contribution in [2.75, 3.05) is 7.05 Å². The van der Waals surface area contributed by atoms with E-state index in [1.54, 1.807) is 7.05 Å². The second-order valence-corrected chi connectivity index (χ2v) is 6.01. The Kier molecular flexibility index (Phi) is 3.97. The zero-order chi connectivity index (χ0) is 16.9. The van der Waals surface area contributed by atoms with Crippen LogP contribution in [0.4, 0.5) is 17.6 Å². The first-order chi connectivity index (χ1) is 10.0. The molecule has 1 aliphatic rings. The molecule has 0 radical (unpaired) electrons. The molecule has 1 aliphatic carbocycles. The Labute approximate surface area is 126 Å². The van der Waals surface area contributed by atoms with Crippen molar-refractivity contribution >= 4 is 5.91 Å². The minimum Gasteiger partial charge on any atom is -0.369 e. The number of benzene rings is 1. The van der Waals surface area contributed by atoms with Crippen molar-refractivity contribution in [2.45, 2.75) is 43.9 Å². The smallest absolute Gasteiger partial charge is 0.369 e. The monoisotopic (exact) mass is 318 g/mol. The van der Waals surface area contributed by atoms with Crippen LogP contribution in [0.25, 0.3) is 0 Å². The first-order valence-electron chi connectivity index (χ1n) is 6.91. The number of halogens is 4. The molecule has 3 nitrogen and oxygen atoms in total. The molecule has 0 aliphatic heterocycles. The number of primary amides is 1. The van der Waals surface area contributed by atoms with Gasteiger partial charge in [-0.2, -0.15) is 13.2 Å². The third-order valence-electron chi connectivity index (χ3n) is 4.45. The Hall–Kier alpha value is -1.63. The molecule has 1 aromatic rings. The van der Waals surface area contributed by atoms with Gasteiger partial charge in [-0.3, -0.25) is 9.69 Å². The molecule has 2 N–H and O–H groups in total. The highest BCUT2D eigenvalue weighted by molar-refractivity contribution is 5.91. The van der Waals surface area contributed by atoms with Gasteiger partial charge in [0.15, 0.2) is 0 Å². The highest BCUT2D eigenvalue weighted by Gasteiger charge is 2.63. The Morgan fingerprint density at radius 2 is 2.00 bits per heavy atom. The van der Waals surface area contributed by atoms with E-state index in [-0.39, 0.29) is 17.6 Å². The number of nitrogens with two attached hydrogens (primary N) is 1. The molecular weight excluding hydrogens is 300 g/mol.